The number of H-pyrrole nitrogens is 2. The zero-order valence-corrected chi connectivity index (χ0v) is 18.3. The minimum Gasteiger partial charge on any atom is -0.870 e. The minimum atomic E-state index is -0.0169. The Bertz CT molecular complexity index is 1100. The summed E-state index contributed by atoms with van der Waals surface area (Å²) in [6, 6.07) is 8.38. The molecule has 3 fully saturated rings. The van der Waals surface area contributed by atoms with Crippen molar-refractivity contribution >= 4 is 22.9 Å². The van der Waals surface area contributed by atoms with Crippen LogP contribution in [0.1, 0.15) is 49.9 Å². The number of hydrogen-bond acceptors (Lipinski definition) is 5. The lowest BCUT2D eigenvalue weighted by atomic mass is 9.96. The second kappa shape index (κ2) is 8.16. The lowest BCUT2D eigenvalue weighted by molar-refractivity contribution is -0.378. The van der Waals surface area contributed by atoms with Gasteiger partial charge in [0.1, 0.15) is 11.6 Å². The van der Waals surface area contributed by atoms with Gasteiger partial charge in [-0.25, -0.2) is 15.0 Å². The number of fused-ring (bicyclic) bond motifs is 1. The highest BCUT2D eigenvalue weighted by Gasteiger charge is 2.49. The van der Waals surface area contributed by atoms with Crippen LogP contribution in [0.15, 0.2) is 36.7 Å². The number of likely N-dealkylation sites (tertiary alicyclic amines) is 1. The van der Waals surface area contributed by atoms with Crippen LogP contribution in [-0.2, 0) is 10.2 Å². The molecule has 0 radical (unpaired) electrons. The Morgan fingerprint density at radius 2 is 1.94 bits per heavy atom. The highest BCUT2D eigenvalue weighted by molar-refractivity contribution is 5.80. The van der Waals surface area contributed by atoms with Crippen molar-refractivity contribution in [1.29, 1.82) is 0 Å². The van der Waals surface area contributed by atoms with Gasteiger partial charge in [0.05, 0.1) is 16.8 Å². The van der Waals surface area contributed by atoms with Gasteiger partial charge in [0.15, 0.2) is 18.0 Å². The molecule has 6 rings (SSSR count). The van der Waals surface area contributed by atoms with Gasteiger partial charge in [-0.1, -0.05) is 0 Å². The van der Waals surface area contributed by atoms with Crippen molar-refractivity contribution in [1.82, 2.24) is 19.9 Å². The third-order valence-corrected chi connectivity index (χ3v) is 7.31. The number of nitrogens with zero attached hydrogens (tertiary/aromatic N) is 4. The summed E-state index contributed by atoms with van der Waals surface area (Å²) < 4.78 is 0. The predicted octanol–water partition coefficient (Wildman–Crippen LogP) is 2.51. The Hall–Kier alpha value is -3.00. The number of piperidine rings is 1. The summed E-state index contributed by atoms with van der Waals surface area (Å²) in [5.41, 5.74) is 3.00. The van der Waals surface area contributed by atoms with E-state index in [0.29, 0.717) is 5.91 Å². The second-order valence-corrected chi connectivity index (χ2v) is 9.32. The van der Waals surface area contributed by atoms with Crippen LogP contribution in [0.4, 0.5) is 5.82 Å². The van der Waals surface area contributed by atoms with Crippen molar-refractivity contribution in [3.05, 3.63) is 48.0 Å². The van der Waals surface area contributed by atoms with E-state index in [1.54, 1.807) is 0 Å². The first-order valence-corrected chi connectivity index (χ1v) is 11.6. The number of carbonyl (C=O) groups is 1. The molecule has 0 unspecified atom stereocenters. The first-order chi connectivity index (χ1) is 15.2. The van der Waals surface area contributed by atoms with Gasteiger partial charge in [-0.3, -0.25) is 4.79 Å². The quantitative estimate of drug-likeness (QED) is 0.679. The maximum atomic E-state index is 12.9. The molecule has 3 aliphatic rings. The molecule has 0 aromatic carbocycles. The molecule has 5 heterocycles. The standard InChI is InChI=1S/C24H28N6O.H2O/c31-22(29-12-1-2-13-29)17-5-4-14-30(16-17)20-8-7-19-21(27-20)28-23(26-19)24(9-10-24)18-6-3-11-25-15-18;/h3,6-8,11,15,17H,1-2,4-5,9-10,12-14,16H2,(H,26,27,28);1H2/t17-;/m1./s1. The van der Waals surface area contributed by atoms with E-state index in [0.717, 1.165) is 87.5 Å². The molecule has 0 spiro atoms. The van der Waals surface area contributed by atoms with Crippen LogP contribution in [-0.4, -0.2) is 57.4 Å². The van der Waals surface area contributed by atoms with Crippen molar-refractivity contribution in [2.75, 3.05) is 31.1 Å². The van der Waals surface area contributed by atoms with Gasteiger partial charge < -0.3 is 20.3 Å². The van der Waals surface area contributed by atoms with E-state index in [9.17, 15) is 4.79 Å². The van der Waals surface area contributed by atoms with Crippen LogP contribution in [0.3, 0.4) is 0 Å². The fourth-order valence-electron chi connectivity index (χ4n) is 5.35. The fraction of sp³-hybridized carbons (Fsp3) is 0.500. The van der Waals surface area contributed by atoms with Gasteiger partial charge in [0.25, 0.3) is 0 Å². The summed E-state index contributed by atoms with van der Waals surface area (Å²) in [7, 11) is 0. The highest BCUT2D eigenvalue weighted by atomic mass is 16.2. The molecule has 0 bridgehead atoms. The third-order valence-electron chi connectivity index (χ3n) is 7.31. The summed E-state index contributed by atoms with van der Waals surface area (Å²) in [6.07, 6.45) is 10.5. The monoisotopic (exact) mass is 434 g/mol. The van der Waals surface area contributed by atoms with Gasteiger partial charge in [-0.15, -0.1) is 0 Å². The molecule has 3 aromatic rings. The van der Waals surface area contributed by atoms with Crippen molar-refractivity contribution in [2.45, 2.75) is 43.9 Å². The number of carbonyl (C=O) groups excluding carboxylic acids is 1. The Labute approximate surface area is 187 Å². The van der Waals surface area contributed by atoms with E-state index in [4.69, 9.17) is 9.97 Å². The van der Waals surface area contributed by atoms with Gasteiger partial charge >= 0.3 is 0 Å². The highest BCUT2D eigenvalue weighted by Crippen LogP contribution is 2.52. The van der Waals surface area contributed by atoms with Crippen LogP contribution in [0.5, 0.6) is 0 Å². The molecule has 2 saturated heterocycles. The number of hydrogen-bond donors (Lipinski definition) is 1. The average Bonchev–Trinajstić information content (AvgIpc) is 3.24. The molecule has 1 amide bonds. The van der Waals surface area contributed by atoms with Crippen molar-refractivity contribution in [3.8, 4) is 0 Å². The van der Waals surface area contributed by atoms with E-state index in [2.05, 4.69) is 44.2 Å². The summed E-state index contributed by atoms with van der Waals surface area (Å²) in [5, 5.41) is 0. The number of pyridine rings is 2. The minimum absolute atomic E-state index is 0. The smallest absolute Gasteiger partial charge is 0.227 e. The fourth-order valence-corrected chi connectivity index (χ4v) is 5.35. The van der Waals surface area contributed by atoms with Crippen LogP contribution in [0, 0.1) is 5.92 Å². The first kappa shape index (κ1) is 20.9. The van der Waals surface area contributed by atoms with Gasteiger partial charge in [0, 0.05) is 37.8 Å². The Balaban J connectivity index is 0.00000216. The largest absolute Gasteiger partial charge is 0.870 e. The normalized spacial score (nSPS) is 22.1. The van der Waals surface area contributed by atoms with Gasteiger partial charge in [0.2, 0.25) is 5.91 Å². The van der Waals surface area contributed by atoms with Crippen LogP contribution >= 0.6 is 0 Å². The Morgan fingerprint density at radius 3 is 2.69 bits per heavy atom. The third kappa shape index (κ3) is 3.52. The van der Waals surface area contributed by atoms with E-state index in [1.165, 1.54) is 5.56 Å². The maximum Gasteiger partial charge on any atom is 0.227 e. The number of nitrogens with one attached hydrogen (secondary N) is 2. The van der Waals surface area contributed by atoms with E-state index in [1.807, 2.05) is 12.3 Å². The molecular formula is C24H30N6O2. The van der Waals surface area contributed by atoms with Crippen LogP contribution in [0.2, 0.25) is 0 Å². The molecule has 3 aromatic heterocycles. The SMILES string of the molecule is O=C([C@@H]1CCCN(c2ccc3[nH]c(C4(c5ccc[nH+]c5)CC4)nc3n2)C1)N1CCCC1.[OH-]. The number of aromatic amines is 2. The van der Waals surface area contributed by atoms with Crippen LogP contribution < -0.4 is 9.88 Å². The van der Waals surface area contributed by atoms with Crippen LogP contribution in [0.25, 0.3) is 11.2 Å². The number of imidazole rings is 1. The summed E-state index contributed by atoms with van der Waals surface area (Å²) in [5.74, 6) is 2.36. The Morgan fingerprint density at radius 1 is 1.09 bits per heavy atom. The van der Waals surface area contributed by atoms with Crippen molar-refractivity contribution in [3.63, 3.8) is 0 Å². The first-order valence-electron chi connectivity index (χ1n) is 11.6. The molecule has 1 saturated carbocycles. The number of anilines is 1. The molecule has 8 nitrogen and oxygen atoms in total. The Kier molecular flexibility index (Phi) is 5.33. The topological polar surface area (TPSA) is 109 Å². The predicted molar refractivity (Wildman–Crippen MR) is 120 cm³/mol. The average molecular weight is 435 g/mol. The summed E-state index contributed by atoms with van der Waals surface area (Å²) in [4.78, 5) is 33.8. The molecule has 1 aliphatic carbocycles. The summed E-state index contributed by atoms with van der Waals surface area (Å²) >= 11 is 0. The molecule has 2 aliphatic heterocycles. The number of amides is 1. The van der Waals surface area contributed by atoms with Crippen molar-refractivity contribution < 1.29 is 15.3 Å². The molecule has 8 heteroatoms. The van der Waals surface area contributed by atoms with E-state index < -0.39 is 0 Å². The molecular weight excluding hydrogens is 404 g/mol. The molecule has 3 N–H and O–H groups in total. The lowest BCUT2D eigenvalue weighted by Crippen LogP contribution is -2.44. The molecule has 168 valence electrons. The molecule has 32 heavy (non-hydrogen) atoms. The second-order valence-electron chi connectivity index (χ2n) is 9.32. The lowest BCUT2D eigenvalue weighted by Gasteiger charge is -2.34. The van der Waals surface area contributed by atoms with E-state index >= 15 is 0 Å². The maximum absolute atomic E-state index is 12.9. The zero-order valence-electron chi connectivity index (χ0n) is 18.3. The number of rotatable bonds is 4. The van der Waals surface area contributed by atoms with E-state index in [-0.39, 0.29) is 16.8 Å². The number of aromatic nitrogens is 4. The summed E-state index contributed by atoms with van der Waals surface area (Å²) in [6.45, 7) is 3.56. The van der Waals surface area contributed by atoms with Gasteiger partial charge in [-0.2, -0.15) is 0 Å². The van der Waals surface area contributed by atoms with Crippen molar-refractivity contribution in [2.24, 2.45) is 5.92 Å². The zero-order chi connectivity index (χ0) is 20.8. The molecule has 1 atom stereocenters. The van der Waals surface area contributed by atoms with Gasteiger partial charge in [-0.05, 0) is 56.7 Å².